The van der Waals surface area contributed by atoms with Crippen molar-refractivity contribution >= 4 is 39.3 Å². The van der Waals surface area contributed by atoms with Gasteiger partial charge in [0, 0.05) is 24.2 Å². The van der Waals surface area contributed by atoms with Gasteiger partial charge in [-0.3, -0.25) is 15.2 Å². The van der Waals surface area contributed by atoms with Gasteiger partial charge in [0.05, 0.1) is 4.47 Å². The van der Waals surface area contributed by atoms with Crippen LogP contribution in [0.25, 0.3) is 0 Å². The highest BCUT2D eigenvalue weighted by Gasteiger charge is 2.18. The number of hydrogen-bond acceptors (Lipinski definition) is 5. The van der Waals surface area contributed by atoms with Gasteiger partial charge in [0.15, 0.2) is 5.82 Å². The van der Waals surface area contributed by atoms with Crippen molar-refractivity contribution in [3.05, 3.63) is 51.9 Å². The van der Waals surface area contributed by atoms with Crippen LogP contribution in [0.5, 0.6) is 0 Å². The lowest BCUT2D eigenvalue weighted by molar-refractivity contribution is 0.0947. The molecule has 0 atom stereocenters. The largest absolute Gasteiger partial charge is 0.269 e. The summed E-state index contributed by atoms with van der Waals surface area (Å²) in [6.45, 7) is 4.73. The van der Waals surface area contributed by atoms with E-state index < -0.39 is 0 Å². The molecule has 6 nitrogen and oxygen atoms in total. The van der Waals surface area contributed by atoms with Gasteiger partial charge in [-0.25, -0.2) is 4.98 Å². The normalized spacial score (nSPS) is 10.5. The predicted octanol–water partition coefficient (Wildman–Crippen LogP) is 4.05. The second-order valence-electron chi connectivity index (χ2n) is 6.09. The standard InChI is InChI=1S/C18H19BrClN5O/c1-12(2)6-7-25(17-15(19)11-22-16(10-21)23-17)24-18(26)14-5-3-4-13(8-14)9-20/h3-5,8,11-12H,6-7,9H2,1-2H3,(H,24,26). The van der Waals surface area contributed by atoms with Crippen LogP contribution in [0.1, 0.15) is 42.0 Å². The van der Waals surface area contributed by atoms with Gasteiger partial charge in [0.1, 0.15) is 6.07 Å². The van der Waals surface area contributed by atoms with Gasteiger partial charge in [-0.15, -0.1) is 11.6 Å². The van der Waals surface area contributed by atoms with Gasteiger partial charge >= 0.3 is 0 Å². The van der Waals surface area contributed by atoms with E-state index in [1.165, 1.54) is 6.20 Å². The van der Waals surface area contributed by atoms with E-state index >= 15 is 0 Å². The maximum Gasteiger partial charge on any atom is 0.269 e. The molecule has 1 heterocycles. The highest BCUT2D eigenvalue weighted by atomic mass is 79.9. The first kappa shape index (κ1) is 20.1. The number of carbonyl (C=O) groups excluding carboxylic acids is 1. The number of nitrogens with one attached hydrogen (secondary N) is 1. The summed E-state index contributed by atoms with van der Waals surface area (Å²) >= 11 is 9.24. The van der Waals surface area contributed by atoms with E-state index in [-0.39, 0.29) is 11.7 Å². The smallest absolute Gasteiger partial charge is 0.267 e. The van der Waals surface area contributed by atoms with Crippen LogP contribution in [-0.4, -0.2) is 22.4 Å². The van der Waals surface area contributed by atoms with Crippen molar-refractivity contribution in [2.24, 2.45) is 5.92 Å². The Hall–Kier alpha value is -2.17. The molecule has 2 aromatic rings. The molecule has 2 rings (SSSR count). The van der Waals surface area contributed by atoms with E-state index in [4.69, 9.17) is 16.9 Å². The van der Waals surface area contributed by atoms with Gasteiger partial charge < -0.3 is 0 Å². The maximum atomic E-state index is 12.7. The zero-order valence-electron chi connectivity index (χ0n) is 14.5. The minimum atomic E-state index is -0.273. The van der Waals surface area contributed by atoms with Crippen LogP contribution >= 0.6 is 27.5 Å². The number of alkyl halides is 1. The number of aromatic nitrogens is 2. The predicted molar refractivity (Wildman–Crippen MR) is 105 cm³/mol. The van der Waals surface area contributed by atoms with Gasteiger partial charge in [0.2, 0.25) is 5.82 Å². The van der Waals surface area contributed by atoms with Crippen molar-refractivity contribution in [1.29, 1.82) is 5.26 Å². The molecule has 1 amide bonds. The fourth-order valence-corrected chi connectivity index (χ4v) is 2.76. The number of halogens is 2. The van der Waals surface area contributed by atoms with Gasteiger partial charge in [-0.05, 0) is 46.0 Å². The first-order chi connectivity index (χ1) is 12.4. The Morgan fingerprint density at radius 3 is 2.88 bits per heavy atom. The number of hydrazine groups is 1. The summed E-state index contributed by atoms with van der Waals surface area (Å²) < 4.78 is 0.593. The lowest BCUT2D eigenvalue weighted by Crippen LogP contribution is -2.44. The molecule has 0 aliphatic heterocycles. The van der Waals surface area contributed by atoms with E-state index in [1.807, 2.05) is 12.1 Å². The van der Waals surface area contributed by atoms with E-state index in [2.05, 4.69) is 45.2 Å². The topological polar surface area (TPSA) is 81.9 Å². The third-order valence-electron chi connectivity index (χ3n) is 3.59. The molecule has 8 heteroatoms. The van der Waals surface area contributed by atoms with Gasteiger partial charge in [0.25, 0.3) is 5.91 Å². The lowest BCUT2D eigenvalue weighted by atomic mass is 10.1. The Kier molecular flexibility index (Phi) is 7.37. The number of nitriles is 1. The van der Waals surface area contributed by atoms with Crippen LogP contribution in [-0.2, 0) is 5.88 Å². The second kappa shape index (κ2) is 9.51. The average Bonchev–Trinajstić information content (AvgIpc) is 2.65. The highest BCUT2D eigenvalue weighted by Crippen LogP contribution is 2.23. The Labute approximate surface area is 166 Å². The van der Waals surface area contributed by atoms with Crippen molar-refractivity contribution in [2.45, 2.75) is 26.1 Å². The quantitative estimate of drug-likeness (QED) is 0.523. The zero-order chi connectivity index (χ0) is 19.1. The summed E-state index contributed by atoms with van der Waals surface area (Å²) in [6, 6.07) is 9.04. The summed E-state index contributed by atoms with van der Waals surface area (Å²) in [6.07, 6.45) is 2.34. The molecule has 0 saturated heterocycles. The molecular weight excluding hydrogens is 418 g/mol. The van der Waals surface area contributed by atoms with E-state index in [1.54, 1.807) is 23.2 Å². The van der Waals surface area contributed by atoms with Crippen molar-refractivity contribution in [1.82, 2.24) is 15.4 Å². The first-order valence-electron chi connectivity index (χ1n) is 8.10. The minimum Gasteiger partial charge on any atom is -0.267 e. The van der Waals surface area contributed by atoms with Crippen LogP contribution in [0, 0.1) is 17.2 Å². The third kappa shape index (κ3) is 5.41. The Morgan fingerprint density at radius 1 is 1.46 bits per heavy atom. The van der Waals surface area contributed by atoms with Crippen LogP contribution in [0.2, 0.25) is 0 Å². The molecule has 0 spiro atoms. The number of hydrogen-bond donors (Lipinski definition) is 1. The first-order valence-corrected chi connectivity index (χ1v) is 9.43. The number of amides is 1. The Morgan fingerprint density at radius 2 is 2.23 bits per heavy atom. The summed E-state index contributed by atoms with van der Waals surface area (Å²) in [5.41, 5.74) is 4.24. The Bertz CT molecular complexity index is 821. The molecule has 26 heavy (non-hydrogen) atoms. The third-order valence-corrected chi connectivity index (χ3v) is 4.46. The molecule has 0 aliphatic rings. The summed E-state index contributed by atoms with van der Waals surface area (Å²) in [5, 5.41) is 10.7. The summed E-state index contributed by atoms with van der Waals surface area (Å²) in [4.78, 5) is 20.8. The number of anilines is 1. The molecular formula is C18H19BrClN5O. The fraction of sp³-hybridized carbons (Fsp3) is 0.333. The van der Waals surface area contributed by atoms with Crippen LogP contribution < -0.4 is 10.4 Å². The second-order valence-corrected chi connectivity index (χ2v) is 7.21. The lowest BCUT2D eigenvalue weighted by Gasteiger charge is -2.26. The molecule has 1 aromatic heterocycles. The average molecular weight is 437 g/mol. The molecule has 0 unspecified atom stereocenters. The summed E-state index contributed by atoms with van der Waals surface area (Å²) in [5.74, 6) is 0.978. The highest BCUT2D eigenvalue weighted by molar-refractivity contribution is 9.10. The molecule has 0 fully saturated rings. The molecule has 0 radical (unpaired) electrons. The van der Waals surface area contributed by atoms with Crippen molar-refractivity contribution in [3.63, 3.8) is 0 Å². The van der Waals surface area contributed by atoms with E-state index in [0.717, 1.165) is 12.0 Å². The van der Waals surface area contributed by atoms with E-state index in [9.17, 15) is 4.79 Å². The minimum absolute atomic E-state index is 0.0381. The SMILES string of the molecule is CC(C)CCN(NC(=O)c1cccc(CCl)c1)c1nc(C#N)ncc1Br. The summed E-state index contributed by atoms with van der Waals surface area (Å²) in [7, 11) is 0. The van der Waals surface area contributed by atoms with Crippen molar-refractivity contribution < 1.29 is 4.79 Å². The number of carbonyl (C=O) groups is 1. The molecule has 136 valence electrons. The molecule has 1 N–H and O–H groups in total. The number of rotatable bonds is 7. The van der Waals surface area contributed by atoms with Gasteiger partial charge in [-0.2, -0.15) is 10.2 Å². The number of benzene rings is 1. The fourth-order valence-electron chi connectivity index (χ4n) is 2.19. The van der Waals surface area contributed by atoms with Crippen molar-refractivity contribution in [2.75, 3.05) is 11.6 Å². The number of nitrogens with zero attached hydrogens (tertiary/aromatic N) is 4. The van der Waals surface area contributed by atoms with Crippen LogP contribution in [0.3, 0.4) is 0 Å². The zero-order valence-corrected chi connectivity index (χ0v) is 16.9. The Balaban J connectivity index is 2.30. The molecule has 1 aromatic carbocycles. The van der Waals surface area contributed by atoms with E-state index in [0.29, 0.717) is 34.2 Å². The monoisotopic (exact) mass is 435 g/mol. The maximum absolute atomic E-state index is 12.7. The van der Waals surface area contributed by atoms with Gasteiger partial charge in [-0.1, -0.05) is 26.0 Å². The van der Waals surface area contributed by atoms with Crippen LogP contribution in [0.4, 0.5) is 5.82 Å². The van der Waals surface area contributed by atoms with Crippen molar-refractivity contribution in [3.8, 4) is 6.07 Å². The molecule has 0 bridgehead atoms. The van der Waals surface area contributed by atoms with Crippen LogP contribution in [0.15, 0.2) is 34.9 Å². The molecule has 0 saturated carbocycles. The molecule has 0 aliphatic carbocycles.